The van der Waals surface area contributed by atoms with Crippen LogP contribution in [-0.4, -0.2) is 39.2 Å². The van der Waals surface area contributed by atoms with Gasteiger partial charge >= 0.3 is 13.6 Å². The molecule has 0 aliphatic heterocycles. The number of aliphatic carboxylic acids is 1. The predicted octanol–water partition coefficient (Wildman–Crippen LogP) is -0.542. The molecule has 0 fully saturated rings. The van der Waals surface area contributed by atoms with Crippen molar-refractivity contribution in [1.29, 1.82) is 0 Å². The van der Waals surface area contributed by atoms with E-state index in [1.54, 1.807) is 0 Å². The van der Waals surface area contributed by atoms with Crippen LogP contribution in [0.1, 0.15) is 12.8 Å². The summed E-state index contributed by atoms with van der Waals surface area (Å²) in [7, 11) is -4.43. The maximum atomic E-state index is 10.9. The van der Waals surface area contributed by atoms with Crippen LogP contribution in [0.2, 0.25) is 0 Å². The van der Waals surface area contributed by atoms with E-state index >= 15 is 0 Å². The van der Waals surface area contributed by atoms with Crippen LogP contribution in [0.4, 0.5) is 0 Å². The molecule has 0 aliphatic rings. The second kappa shape index (κ2) is 6.78. The predicted molar refractivity (Wildman–Crippen MR) is 58.9 cm³/mol. The second-order valence-corrected chi connectivity index (χ2v) is 4.99. The van der Waals surface area contributed by atoms with E-state index in [2.05, 4.69) is 11.9 Å². The number of hydrogen-bond donors (Lipinski definition) is 5. The Morgan fingerprint density at radius 2 is 2.12 bits per heavy atom. The fourth-order valence-corrected chi connectivity index (χ4v) is 1.76. The zero-order valence-corrected chi connectivity index (χ0v) is 9.64. The van der Waals surface area contributed by atoms with Gasteiger partial charge in [0, 0.05) is 0 Å². The zero-order chi connectivity index (χ0) is 12.8. The molecular formula is C8H17N2O5P. The normalized spacial score (nSPS) is 15.4. The van der Waals surface area contributed by atoms with Crippen LogP contribution in [-0.2, 0) is 9.36 Å². The summed E-state index contributed by atoms with van der Waals surface area (Å²) in [4.78, 5) is 28.6. The van der Waals surface area contributed by atoms with Gasteiger partial charge in [-0.25, -0.2) is 0 Å². The fourth-order valence-electron chi connectivity index (χ4n) is 1.11. The molecule has 94 valence electrons. The highest BCUT2D eigenvalue weighted by Crippen LogP contribution is 2.40. The molecule has 0 aromatic heterocycles. The third-order valence-corrected chi connectivity index (χ3v) is 3.04. The van der Waals surface area contributed by atoms with E-state index in [1.165, 1.54) is 0 Å². The van der Waals surface area contributed by atoms with Crippen molar-refractivity contribution in [3.8, 4) is 0 Å². The van der Waals surface area contributed by atoms with Crippen LogP contribution < -0.4 is 11.1 Å². The van der Waals surface area contributed by atoms with Crippen molar-refractivity contribution in [2.75, 3.05) is 6.54 Å². The first-order chi connectivity index (χ1) is 7.32. The first-order valence-corrected chi connectivity index (χ1v) is 6.37. The lowest BCUT2D eigenvalue weighted by Crippen LogP contribution is -2.42. The lowest BCUT2D eigenvalue weighted by Gasteiger charge is -2.21. The molecule has 0 spiro atoms. The minimum absolute atomic E-state index is 0.205. The van der Waals surface area contributed by atoms with Gasteiger partial charge in [-0.05, 0) is 19.4 Å². The highest BCUT2D eigenvalue weighted by Gasteiger charge is 2.30. The molecule has 0 radical (unpaired) electrons. The summed E-state index contributed by atoms with van der Waals surface area (Å²) in [6.07, 6.45) is 1.66. The standard InChI is InChI=1S/C8H17N2O5P/c1-2-7(16(13,14)15)10-6(8(11)12)4-3-5-9/h2,6-7,10H,1,3-5,9H2,(H,11,12)(H2,13,14,15)/t6-,7?/m0/s1. The van der Waals surface area contributed by atoms with Crippen molar-refractivity contribution < 1.29 is 24.3 Å². The van der Waals surface area contributed by atoms with E-state index in [0.717, 1.165) is 6.08 Å². The zero-order valence-electron chi connectivity index (χ0n) is 8.74. The van der Waals surface area contributed by atoms with E-state index in [-0.39, 0.29) is 6.42 Å². The van der Waals surface area contributed by atoms with Crippen LogP contribution in [0.3, 0.4) is 0 Å². The van der Waals surface area contributed by atoms with E-state index in [4.69, 9.17) is 20.6 Å². The highest BCUT2D eigenvalue weighted by molar-refractivity contribution is 7.52. The molecule has 0 heterocycles. The Kier molecular flexibility index (Phi) is 6.47. The number of nitrogens with one attached hydrogen (secondary N) is 1. The molecule has 8 heteroatoms. The molecule has 6 N–H and O–H groups in total. The number of nitrogens with two attached hydrogens (primary N) is 1. The van der Waals surface area contributed by atoms with Gasteiger partial charge in [0.2, 0.25) is 0 Å². The van der Waals surface area contributed by atoms with Gasteiger partial charge in [0.15, 0.2) is 0 Å². The molecule has 0 rings (SSSR count). The Bertz CT molecular complexity index is 290. The summed E-state index contributed by atoms with van der Waals surface area (Å²) in [5, 5.41) is 11.2. The first-order valence-electron chi connectivity index (χ1n) is 4.69. The third kappa shape index (κ3) is 5.39. The molecule has 0 aromatic carbocycles. The summed E-state index contributed by atoms with van der Waals surface area (Å²) in [6.45, 7) is 3.57. The van der Waals surface area contributed by atoms with Gasteiger partial charge in [-0.15, -0.1) is 6.58 Å². The molecule has 0 amide bonds. The largest absolute Gasteiger partial charge is 0.480 e. The van der Waals surface area contributed by atoms with E-state index in [0.29, 0.717) is 13.0 Å². The number of rotatable bonds is 8. The van der Waals surface area contributed by atoms with Gasteiger partial charge in [-0.2, -0.15) is 0 Å². The average Bonchev–Trinajstić information content (AvgIpc) is 2.15. The number of carboxylic acids is 1. The van der Waals surface area contributed by atoms with Crippen LogP contribution in [0, 0.1) is 0 Å². The molecule has 0 aliphatic carbocycles. The minimum atomic E-state index is -4.43. The maximum Gasteiger partial charge on any atom is 0.346 e. The molecule has 0 saturated carbocycles. The van der Waals surface area contributed by atoms with Crippen molar-refractivity contribution in [1.82, 2.24) is 5.32 Å². The molecular weight excluding hydrogens is 235 g/mol. The summed E-state index contributed by atoms with van der Waals surface area (Å²) >= 11 is 0. The topological polar surface area (TPSA) is 133 Å². The van der Waals surface area contributed by atoms with Crippen molar-refractivity contribution in [2.45, 2.75) is 24.7 Å². The molecule has 0 bridgehead atoms. The second-order valence-electron chi connectivity index (χ2n) is 3.26. The summed E-state index contributed by atoms with van der Waals surface area (Å²) in [5.41, 5.74) is 5.23. The van der Waals surface area contributed by atoms with E-state index in [1.807, 2.05) is 0 Å². The average molecular weight is 252 g/mol. The Morgan fingerprint density at radius 1 is 1.56 bits per heavy atom. The van der Waals surface area contributed by atoms with Crippen molar-refractivity contribution >= 4 is 13.6 Å². The van der Waals surface area contributed by atoms with Crippen LogP contribution >= 0.6 is 7.60 Å². The summed E-state index contributed by atoms with van der Waals surface area (Å²) in [5.74, 6) is -2.53. The monoisotopic (exact) mass is 252 g/mol. The number of carbonyl (C=O) groups is 1. The van der Waals surface area contributed by atoms with Crippen molar-refractivity contribution in [3.63, 3.8) is 0 Å². The van der Waals surface area contributed by atoms with Crippen molar-refractivity contribution in [2.24, 2.45) is 5.73 Å². The molecule has 0 saturated heterocycles. The number of carboxylic acid groups (broad SMARTS) is 1. The van der Waals surface area contributed by atoms with E-state index < -0.39 is 25.4 Å². The molecule has 1 unspecified atom stereocenters. The molecule has 2 atom stereocenters. The van der Waals surface area contributed by atoms with Gasteiger partial charge in [0.25, 0.3) is 0 Å². The smallest absolute Gasteiger partial charge is 0.346 e. The molecule has 7 nitrogen and oxygen atoms in total. The van der Waals surface area contributed by atoms with E-state index in [9.17, 15) is 9.36 Å². The summed E-state index contributed by atoms with van der Waals surface area (Å²) < 4.78 is 10.9. The Morgan fingerprint density at radius 3 is 2.44 bits per heavy atom. The first kappa shape index (κ1) is 15.3. The van der Waals surface area contributed by atoms with Crippen molar-refractivity contribution in [3.05, 3.63) is 12.7 Å². The van der Waals surface area contributed by atoms with Crippen LogP contribution in [0.5, 0.6) is 0 Å². The molecule has 0 aromatic rings. The highest BCUT2D eigenvalue weighted by atomic mass is 31.2. The molecule has 16 heavy (non-hydrogen) atoms. The quantitative estimate of drug-likeness (QED) is 0.289. The van der Waals surface area contributed by atoms with Crippen LogP contribution in [0.15, 0.2) is 12.7 Å². The van der Waals surface area contributed by atoms with Gasteiger partial charge < -0.3 is 20.6 Å². The van der Waals surface area contributed by atoms with Gasteiger partial charge in [-0.3, -0.25) is 14.7 Å². The third-order valence-electron chi connectivity index (χ3n) is 1.95. The summed E-state index contributed by atoms with van der Waals surface area (Å²) in [6, 6.07) is -1.04. The Labute approximate surface area is 93.5 Å². The maximum absolute atomic E-state index is 10.9. The van der Waals surface area contributed by atoms with Gasteiger partial charge in [-0.1, -0.05) is 6.08 Å². The Balaban J connectivity index is 4.53. The SMILES string of the molecule is C=CC(N[C@@H](CCCN)C(=O)O)P(=O)(O)O. The minimum Gasteiger partial charge on any atom is -0.480 e. The lowest BCUT2D eigenvalue weighted by molar-refractivity contribution is -0.139. The fraction of sp³-hybridized carbons (Fsp3) is 0.625. The Hall–Kier alpha value is -0.720. The van der Waals surface area contributed by atoms with Gasteiger partial charge in [0.05, 0.1) is 0 Å². The lowest BCUT2D eigenvalue weighted by atomic mass is 10.1. The van der Waals surface area contributed by atoms with Crippen LogP contribution in [0.25, 0.3) is 0 Å². The number of hydrogen-bond acceptors (Lipinski definition) is 4. The van der Waals surface area contributed by atoms with Gasteiger partial charge in [0.1, 0.15) is 11.8 Å².